The monoisotopic (exact) mass is 293 g/mol. The van der Waals surface area contributed by atoms with Crippen LogP contribution in [0.1, 0.15) is 24.8 Å². The first-order valence-electron chi connectivity index (χ1n) is 6.49. The molecule has 1 aliphatic carbocycles. The molecule has 0 saturated heterocycles. The maximum atomic E-state index is 11.7. The zero-order valence-corrected chi connectivity index (χ0v) is 11.7. The number of carbonyl (C=O) groups is 2. The second kappa shape index (κ2) is 7.10. The molecule has 1 aromatic carbocycles. The average Bonchev–Trinajstić information content (AvgIpc) is 2.46. The lowest BCUT2D eigenvalue weighted by Crippen LogP contribution is -2.36. The van der Waals surface area contributed by atoms with Gasteiger partial charge >= 0.3 is 6.09 Å². The quantitative estimate of drug-likeness (QED) is 0.868. The van der Waals surface area contributed by atoms with E-state index in [9.17, 15) is 9.59 Å². The largest absolute Gasteiger partial charge is 0.445 e. The molecule has 1 N–H and O–H groups in total. The zero-order chi connectivity index (χ0) is 14.4. The van der Waals surface area contributed by atoms with Gasteiger partial charge in [0.1, 0.15) is 12.9 Å². The van der Waals surface area contributed by atoms with Crippen LogP contribution in [0.15, 0.2) is 40.9 Å². The highest BCUT2D eigenvalue weighted by molar-refractivity contribution is 6.31. The van der Waals surface area contributed by atoms with E-state index >= 15 is 0 Å². The number of aldehydes is 1. The Morgan fingerprint density at radius 1 is 1.40 bits per heavy atom. The summed E-state index contributed by atoms with van der Waals surface area (Å²) in [7, 11) is 0. The Kier molecular flexibility index (Phi) is 5.18. The normalized spacial score (nSPS) is 18.6. The van der Waals surface area contributed by atoms with Crippen molar-refractivity contribution in [2.45, 2.75) is 31.9 Å². The number of alkyl carbamates (subject to hydrolysis) is 1. The first-order chi connectivity index (χ1) is 9.69. The highest BCUT2D eigenvalue weighted by atomic mass is 35.5. The molecule has 2 rings (SSSR count). The van der Waals surface area contributed by atoms with Crippen LogP contribution in [0, 0.1) is 0 Å². The number of allylic oxidation sites excluding steroid dienone is 1. The highest BCUT2D eigenvalue weighted by Crippen LogP contribution is 2.26. The minimum Gasteiger partial charge on any atom is -0.445 e. The summed E-state index contributed by atoms with van der Waals surface area (Å²) in [6.07, 6.45) is 2.09. The zero-order valence-electron chi connectivity index (χ0n) is 11.0. The molecule has 1 atom stereocenters. The Hall–Kier alpha value is -1.81. The molecule has 0 bridgehead atoms. The Morgan fingerprint density at radius 2 is 2.15 bits per heavy atom. The Balaban J connectivity index is 1.78. The van der Waals surface area contributed by atoms with Gasteiger partial charge in [0.2, 0.25) is 0 Å². The van der Waals surface area contributed by atoms with Crippen LogP contribution in [0.5, 0.6) is 0 Å². The number of ether oxygens (including phenoxy) is 1. The SMILES string of the molecule is O=CC1=C(Cl)CC(NC(=O)OCc2ccccc2)CC1. The van der Waals surface area contributed by atoms with Gasteiger partial charge in [0.05, 0.1) is 0 Å². The van der Waals surface area contributed by atoms with Crippen molar-refractivity contribution >= 4 is 24.0 Å². The topological polar surface area (TPSA) is 55.4 Å². The van der Waals surface area contributed by atoms with E-state index in [0.29, 0.717) is 29.9 Å². The smallest absolute Gasteiger partial charge is 0.407 e. The standard InChI is InChI=1S/C15H16ClNO3/c16-14-8-13(7-6-12(14)9-18)17-15(19)20-10-11-4-2-1-3-5-11/h1-5,9,13H,6-8,10H2,(H,17,19). The number of benzene rings is 1. The van der Waals surface area contributed by atoms with Crippen LogP contribution >= 0.6 is 11.6 Å². The molecule has 1 aliphatic rings. The van der Waals surface area contributed by atoms with Gasteiger partial charge in [0, 0.05) is 23.1 Å². The lowest BCUT2D eigenvalue weighted by atomic mass is 9.96. The minimum absolute atomic E-state index is 0.0746. The van der Waals surface area contributed by atoms with Crippen LogP contribution in [0.2, 0.25) is 0 Å². The summed E-state index contributed by atoms with van der Waals surface area (Å²) < 4.78 is 5.14. The summed E-state index contributed by atoms with van der Waals surface area (Å²) in [5, 5.41) is 3.30. The Morgan fingerprint density at radius 3 is 2.80 bits per heavy atom. The number of halogens is 1. The average molecular weight is 294 g/mol. The van der Waals surface area contributed by atoms with Crippen molar-refractivity contribution in [3.8, 4) is 0 Å². The molecule has 4 nitrogen and oxygen atoms in total. The van der Waals surface area contributed by atoms with Crippen molar-refractivity contribution < 1.29 is 14.3 Å². The maximum Gasteiger partial charge on any atom is 0.407 e. The van der Waals surface area contributed by atoms with Crippen molar-refractivity contribution in [3.63, 3.8) is 0 Å². The van der Waals surface area contributed by atoms with E-state index in [2.05, 4.69) is 5.32 Å². The molecular weight excluding hydrogens is 278 g/mol. The Labute approximate surface area is 122 Å². The van der Waals surface area contributed by atoms with Gasteiger partial charge in [0.25, 0.3) is 0 Å². The van der Waals surface area contributed by atoms with Gasteiger partial charge in [-0.05, 0) is 18.4 Å². The molecule has 5 heteroatoms. The van der Waals surface area contributed by atoms with Gasteiger partial charge in [0.15, 0.2) is 0 Å². The number of hydrogen-bond acceptors (Lipinski definition) is 3. The molecular formula is C15H16ClNO3. The summed E-state index contributed by atoms with van der Waals surface area (Å²) in [5.74, 6) is 0. The summed E-state index contributed by atoms with van der Waals surface area (Å²) in [5.41, 5.74) is 1.56. The maximum absolute atomic E-state index is 11.7. The summed E-state index contributed by atoms with van der Waals surface area (Å²) in [4.78, 5) is 22.4. The molecule has 0 heterocycles. The van der Waals surface area contributed by atoms with Crippen molar-refractivity contribution in [1.29, 1.82) is 0 Å². The van der Waals surface area contributed by atoms with E-state index in [-0.39, 0.29) is 12.6 Å². The molecule has 0 aliphatic heterocycles. The molecule has 1 unspecified atom stereocenters. The van der Waals surface area contributed by atoms with Crippen LogP contribution in [0.3, 0.4) is 0 Å². The van der Waals surface area contributed by atoms with Crippen molar-refractivity contribution in [3.05, 3.63) is 46.5 Å². The molecule has 1 aromatic rings. The summed E-state index contributed by atoms with van der Waals surface area (Å²) >= 11 is 5.99. The molecule has 0 radical (unpaired) electrons. The third-order valence-corrected chi connectivity index (χ3v) is 3.61. The first-order valence-corrected chi connectivity index (χ1v) is 6.86. The molecule has 0 fully saturated rings. The highest BCUT2D eigenvalue weighted by Gasteiger charge is 2.21. The second-order valence-corrected chi connectivity index (χ2v) is 5.15. The van der Waals surface area contributed by atoms with Crippen LogP contribution in [-0.4, -0.2) is 18.4 Å². The van der Waals surface area contributed by atoms with Crippen LogP contribution in [0.25, 0.3) is 0 Å². The van der Waals surface area contributed by atoms with Gasteiger partial charge in [-0.15, -0.1) is 0 Å². The van der Waals surface area contributed by atoms with E-state index in [0.717, 1.165) is 11.8 Å². The number of hydrogen-bond donors (Lipinski definition) is 1. The Bertz CT molecular complexity index is 513. The van der Waals surface area contributed by atoms with Gasteiger partial charge in [-0.1, -0.05) is 41.9 Å². The number of carbonyl (C=O) groups excluding carboxylic acids is 2. The minimum atomic E-state index is -0.460. The molecule has 106 valence electrons. The van der Waals surface area contributed by atoms with E-state index in [1.165, 1.54) is 0 Å². The van der Waals surface area contributed by atoms with E-state index in [1.807, 2.05) is 30.3 Å². The van der Waals surface area contributed by atoms with Gasteiger partial charge in [-0.3, -0.25) is 4.79 Å². The van der Waals surface area contributed by atoms with Gasteiger partial charge in [-0.2, -0.15) is 0 Å². The van der Waals surface area contributed by atoms with Crippen LogP contribution in [0.4, 0.5) is 4.79 Å². The van der Waals surface area contributed by atoms with Crippen molar-refractivity contribution in [2.75, 3.05) is 0 Å². The third kappa shape index (κ3) is 4.10. The molecule has 1 amide bonds. The summed E-state index contributed by atoms with van der Waals surface area (Å²) in [6, 6.07) is 9.40. The first kappa shape index (κ1) is 14.6. The van der Waals surface area contributed by atoms with Crippen molar-refractivity contribution in [1.82, 2.24) is 5.32 Å². The number of amides is 1. The molecule has 0 spiro atoms. The van der Waals surface area contributed by atoms with Crippen molar-refractivity contribution in [2.24, 2.45) is 0 Å². The number of rotatable bonds is 4. The number of nitrogens with one attached hydrogen (secondary N) is 1. The van der Waals surface area contributed by atoms with Gasteiger partial charge in [-0.25, -0.2) is 4.79 Å². The lowest BCUT2D eigenvalue weighted by Gasteiger charge is -2.23. The third-order valence-electron chi connectivity index (χ3n) is 3.21. The van der Waals surface area contributed by atoms with E-state index < -0.39 is 6.09 Å². The van der Waals surface area contributed by atoms with Crippen LogP contribution < -0.4 is 5.32 Å². The second-order valence-electron chi connectivity index (χ2n) is 4.69. The fourth-order valence-electron chi connectivity index (χ4n) is 2.09. The fraction of sp³-hybridized carbons (Fsp3) is 0.333. The predicted molar refractivity (Wildman–Crippen MR) is 76.3 cm³/mol. The molecule has 20 heavy (non-hydrogen) atoms. The molecule has 0 aromatic heterocycles. The predicted octanol–water partition coefficient (Wildman–Crippen LogP) is 3.16. The van der Waals surface area contributed by atoms with Crippen LogP contribution in [-0.2, 0) is 16.1 Å². The fourth-order valence-corrected chi connectivity index (χ4v) is 2.42. The molecule has 0 saturated carbocycles. The van der Waals surface area contributed by atoms with E-state index in [4.69, 9.17) is 16.3 Å². The van der Waals surface area contributed by atoms with Gasteiger partial charge < -0.3 is 10.1 Å². The summed E-state index contributed by atoms with van der Waals surface area (Å²) in [6.45, 7) is 0.239. The van der Waals surface area contributed by atoms with E-state index in [1.54, 1.807) is 0 Å². The lowest BCUT2D eigenvalue weighted by molar-refractivity contribution is -0.105.